The zero-order valence-electron chi connectivity index (χ0n) is 16.7. The quantitative estimate of drug-likeness (QED) is 0.240. The molecule has 10 heteroatoms. The van der Waals surface area contributed by atoms with Crippen LogP contribution in [0.4, 0.5) is 26.3 Å². The monoisotopic (exact) mass is 466 g/mol. The molecule has 2 aliphatic rings. The molecule has 0 radical (unpaired) electrons. The molecular weight excluding hydrogens is 458 g/mol. The number of nitrogens with zero attached hydrogens (tertiary/aromatic N) is 4. The van der Waals surface area contributed by atoms with Crippen molar-refractivity contribution in [3.63, 3.8) is 0 Å². The highest BCUT2D eigenvalue weighted by molar-refractivity contribution is 5.98. The molecule has 2 unspecified atom stereocenters. The number of rotatable bonds is 0. The minimum atomic E-state index is -4.74. The van der Waals surface area contributed by atoms with E-state index in [9.17, 15) is 36.9 Å². The van der Waals surface area contributed by atoms with Crippen molar-refractivity contribution < 1.29 is 26.3 Å². The Bertz CT molecular complexity index is 1330. The third-order valence-electron chi connectivity index (χ3n) is 5.91. The van der Waals surface area contributed by atoms with E-state index in [1.165, 1.54) is 0 Å². The van der Waals surface area contributed by atoms with Crippen LogP contribution in [0.25, 0.3) is 20.8 Å². The summed E-state index contributed by atoms with van der Waals surface area (Å²) >= 11 is 0. The minimum absolute atomic E-state index is 0.0117. The van der Waals surface area contributed by atoms with Crippen LogP contribution in [-0.2, 0) is 12.4 Å². The second-order valence-electron chi connectivity index (χ2n) is 7.53. The molecule has 0 amide bonds. The molecule has 0 bridgehead atoms. The fraction of sp³-hybridized carbons (Fsp3) is 0.167. The van der Waals surface area contributed by atoms with Gasteiger partial charge in [0, 0.05) is 11.8 Å². The summed E-state index contributed by atoms with van der Waals surface area (Å²) in [4.78, 5) is 6.31. The summed E-state index contributed by atoms with van der Waals surface area (Å²) in [6, 6.07) is 8.62. The van der Waals surface area contributed by atoms with Crippen molar-refractivity contribution in [2.75, 3.05) is 0 Å². The molecule has 0 saturated carbocycles. The maximum Gasteiger partial charge on any atom is 0.416 e. The van der Waals surface area contributed by atoms with Crippen LogP contribution in [0.15, 0.2) is 47.8 Å². The maximum atomic E-state index is 13.5. The summed E-state index contributed by atoms with van der Waals surface area (Å²) in [5, 5.41) is 19.0. The van der Waals surface area contributed by atoms with Crippen molar-refractivity contribution in [3.05, 3.63) is 104 Å². The Hall–Kier alpha value is -4.54. The summed E-state index contributed by atoms with van der Waals surface area (Å²) in [6.07, 6.45) is -9.49. The number of fused-ring (bicyclic) bond motifs is 5. The number of halogens is 6. The standard InChI is InChI=1S/C24H8F6N4/c1-33-17(9-31)19-13-5-3-11(23(25,26)27)7-15(13)22-20(18(10-32)34-2)14-6-4-12(24(28,29)30)8-16(14)21(19)22/h3-8,21-22H/b19-17-,20-18+. The van der Waals surface area contributed by atoms with Gasteiger partial charge in [-0.15, -0.1) is 0 Å². The molecule has 2 aromatic carbocycles. The van der Waals surface area contributed by atoms with Crippen LogP contribution < -0.4 is 0 Å². The van der Waals surface area contributed by atoms with Crippen LogP contribution in [-0.4, -0.2) is 0 Å². The summed E-state index contributed by atoms with van der Waals surface area (Å²) in [5.74, 6) is -2.28. The predicted molar refractivity (Wildman–Crippen MR) is 107 cm³/mol. The molecule has 0 aromatic heterocycles. The zero-order chi connectivity index (χ0) is 25.0. The normalized spacial score (nSPS) is 21.2. The Morgan fingerprint density at radius 3 is 1.32 bits per heavy atom. The lowest BCUT2D eigenvalue weighted by Crippen LogP contribution is -2.07. The second kappa shape index (κ2) is 7.51. The van der Waals surface area contributed by atoms with Crippen LogP contribution in [0, 0.1) is 35.8 Å². The maximum absolute atomic E-state index is 13.5. The van der Waals surface area contributed by atoms with Gasteiger partial charge in [0.05, 0.1) is 36.4 Å². The van der Waals surface area contributed by atoms with Gasteiger partial charge in [0.15, 0.2) is 0 Å². The van der Waals surface area contributed by atoms with Crippen molar-refractivity contribution in [3.8, 4) is 12.1 Å². The number of hydrogen-bond donors (Lipinski definition) is 0. The lowest BCUT2D eigenvalue weighted by molar-refractivity contribution is -0.138. The van der Waals surface area contributed by atoms with E-state index in [-0.39, 0.29) is 33.4 Å². The topological polar surface area (TPSA) is 56.3 Å². The Kier molecular flexibility index (Phi) is 5.00. The largest absolute Gasteiger partial charge is 0.416 e. The van der Waals surface area contributed by atoms with Crippen LogP contribution in [0.2, 0.25) is 0 Å². The van der Waals surface area contributed by atoms with E-state index >= 15 is 0 Å². The van der Waals surface area contributed by atoms with E-state index < -0.39 is 46.7 Å². The lowest BCUT2D eigenvalue weighted by Gasteiger charge is -2.16. The van der Waals surface area contributed by atoms with Gasteiger partial charge < -0.3 is 0 Å². The lowest BCUT2D eigenvalue weighted by atomic mass is 9.87. The molecule has 4 rings (SSSR count). The molecule has 4 nitrogen and oxygen atoms in total. The first kappa shape index (κ1) is 22.6. The first-order valence-electron chi connectivity index (χ1n) is 9.44. The first-order valence-corrected chi connectivity index (χ1v) is 9.44. The molecule has 0 spiro atoms. The number of allylic oxidation sites excluding steroid dienone is 4. The van der Waals surface area contributed by atoms with E-state index in [4.69, 9.17) is 13.1 Å². The number of nitriles is 2. The molecule has 166 valence electrons. The number of hydrogen-bond acceptors (Lipinski definition) is 2. The molecule has 0 saturated heterocycles. The zero-order valence-corrected chi connectivity index (χ0v) is 16.7. The average Bonchev–Trinajstić information content (AvgIpc) is 3.27. The second-order valence-corrected chi connectivity index (χ2v) is 7.53. The van der Waals surface area contributed by atoms with Crippen LogP contribution in [0.5, 0.6) is 0 Å². The summed E-state index contributed by atoms with van der Waals surface area (Å²) in [6.45, 7) is 14.7. The highest BCUT2D eigenvalue weighted by Gasteiger charge is 2.49. The minimum Gasteiger partial charge on any atom is -0.226 e. The molecule has 34 heavy (non-hydrogen) atoms. The SMILES string of the molecule is [C-]#[N+]/C(C#N)=C1\c2ccc(C(F)(F)F)cc2C2/C(=C(/C#N)[N+]#[C-])c3ccc(C(F)(F)F)cc3C12. The van der Waals surface area contributed by atoms with Gasteiger partial charge in [-0.05, 0) is 57.7 Å². The van der Waals surface area contributed by atoms with E-state index in [1.54, 1.807) is 12.1 Å². The molecule has 2 atom stereocenters. The first-order chi connectivity index (χ1) is 16.0. The molecule has 0 fully saturated rings. The van der Waals surface area contributed by atoms with Gasteiger partial charge in [0.2, 0.25) is 0 Å². The third-order valence-corrected chi connectivity index (χ3v) is 5.91. The van der Waals surface area contributed by atoms with Gasteiger partial charge >= 0.3 is 12.4 Å². The van der Waals surface area contributed by atoms with Crippen molar-refractivity contribution >= 4 is 11.1 Å². The van der Waals surface area contributed by atoms with E-state index in [0.29, 0.717) is 0 Å². The molecule has 0 N–H and O–H groups in total. The van der Waals surface area contributed by atoms with E-state index in [0.717, 1.165) is 36.4 Å². The van der Waals surface area contributed by atoms with Crippen molar-refractivity contribution in [1.29, 1.82) is 10.5 Å². The molecule has 2 aliphatic carbocycles. The van der Waals surface area contributed by atoms with Crippen molar-refractivity contribution in [2.24, 2.45) is 0 Å². The van der Waals surface area contributed by atoms with Crippen LogP contribution >= 0.6 is 0 Å². The van der Waals surface area contributed by atoms with E-state index in [1.807, 2.05) is 0 Å². The average molecular weight is 466 g/mol. The fourth-order valence-electron chi connectivity index (χ4n) is 4.66. The molecule has 2 aromatic rings. The van der Waals surface area contributed by atoms with Crippen LogP contribution in [0.3, 0.4) is 0 Å². The molecule has 0 heterocycles. The van der Waals surface area contributed by atoms with Gasteiger partial charge in [-0.2, -0.15) is 26.3 Å². The number of alkyl halides is 6. The smallest absolute Gasteiger partial charge is 0.226 e. The number of benzene rings is 2. The Labute approximate surface area is 188 Å². The Morgan fingerprint density at radius 1 is 0.706 bits per heavy atom. The van der Waals surface area contributed by atoms with Gasteiger partial charge in [-0.25, -0.2) is 20.2 Å². The van der Waals surface area contributed by atoms with Crippen molar-refractivity contribution in [2.45, 2.75) is 24.2 Å². The highest BCUT2D eigenvalue weighted by atomic mass is 19.4. The summed E-state index contributed by atoms with van der Waals surface area (Å²) < 4.78 is 80.8. The van der Waals surface area contributed by atoms with Crippen LogP contribution in [0.1, 0.15) is 45.2 Å². The van der Waals surface area contributed by atoms with Crippen molar-refractivity contribution in [1.82, 2.24) is 0 Å². The fourth-order valence-corrected chi connectivity index (χ4v) is 4.66. The highest BCUT2D eigenvalue weighted by Crippen LogP contribution is 2.64. The van der Waals surface area contributed by atoms with Gasteiger partial charge in [-0.1, -0.05) is 12.1 Å². The van der Waals surface area contributed by atoms with Gasteiger partial charge in [-0.3, -0.25) is 0 Å². The van der Waals surface area contributed by atoms with Gasteiger partial charge in [0.1, 0.15) is 0 Å². The molecular formula is C24H8F6N4. The van der Waals surface area contributed by atoms with E-state index in [2.05, 4.69) is 9.69 Å². The molecule has 0 aliphatic heterocycles. The Morgan fingerprint density at radius 2 is 1.06 bits per heavy atom. The summed E-state index contributed by atoms with van der Waals surface area (Å²) in [5.41, 5.74) is -2.94. The summed E-state index contributed by atoms with van der Waals surface area (Å²) in [7, 11) is 0. The predicted octanol–water partition coefficient (Wildman–Crippen LogP) is 6.93. The van der Waals surface area contributed by atoms with Gasteiger partial charge in [0.25, 0.3) is 11.4 Å². The third kappa shape index (κ3) is 3.20. The Balaban J connectivity index is 2.17.